The number of piperidine rings is 1. The zero-order valence-electron chi connectivity index (χ0n) is 20.2. The molecular formula is C28H33ClN4O2. The van der Waals surface area contributed by atoms with Gasteiger partial charge in [-0.2, -0.15) is 0 Å². The first-order valence-electron chi connectivity index (χ1n) is 12.6. The number of carbonyl (C=O) groups is 1. The molecule has 0 unspecified atom stereocenters. The van der Waals surface area contributed by atoms with E-state index >= 15 is 0 Å². The molecule has 3 aliphatic rings. The summed E-state index contributed by atoms with van der Waals surface area (Å²) in [6.07, 6.45) is 9.16. The third kappa shape index (κ3) is 5.24. The zero-order valence-corrected chi connectivity index (χ0v) is 20.9. The van der Waals surface area contributed by atoms with Crippen LogP contribution in [0.15, 0.2) is 47.6 Å². The Bertz CT molecular complexity index is 1150. The summed E-state index contributed by atoms with van der Waals surface area (Å²) in [4.78, 5) is 20.0. The number of fused-ring (bicyclic) bond motifs is 1. The van der Waals surface area contributed by atoms with Crippen LogP contribution in [0.3, 0.4) is 0 Å². The number of ether oxygens (including phenoxy) is 1. The second-order valence-electron chi connectivity index (χ2n) is 9.75. The van der Waals surface area contributed by atoms with E-state index in [9.17, 15) is 4.79 Å². The minimum Gasteiger partial charge on any atom is -0.456 e. The average Bonchev–Trinajstić information content (AvgIpc) is 3.71. The molecule has 7 heteroatoms. The molecule has 2 aliphatic heterocycles. The molecule has 1 aliphatic carbocycles. The van der Waals surface area contributed by atoms with Crippen molar-refractivity contribution < 1.29 is 9.53 Å². The van der Waals surface area contributed by atoms with Crippen LogP contribution in [0.1, 0.15) is 50.2 Å². The van der Waals surface area contributed by atoms with Gasteiger partial charge in [-0.1, -0.05) is 17.7 Å². The second kappa shape index (κ2) is 10.4. The van der Waals surface area contributed by atoms with Crippen LogP contribution >= 0.6 is 11.6 Å². The Morgan fingerprint density at radius 3 is 2.69 bits per heavy atom. The number of amides is 1. The highest BCUT2D eigenvalue weighted by molar-refractivity contribution is 6.30. The molecule has 3 N–H and O–H groups in total. The van der Waals surface area contributed by atoms with Crippen molar-refractivity contribution in [2.75, 3.05) is 18.0 Å². The molecule has 0 aromatic heterocycles. The van der Waals surface area contributed by atoms with Gasteiger partial charge in [-0.15, -0.1) is 0 Å². The van der Waals surface area contributed by atoms with Crippen LogP contribution in [0.2, 0.25) is 5.02 Å². The lowest BCUT2D eigenvalue weighted by Gasteiger charge is -2.37. The molecule has 0 bridgehead atoms. The van der Waals surface area contributed by atoms with E-state index in [2.05, 4.69) is 12.2 Å². The number of hydrogen-bond donors (Lipinski definition) is 2. The Morgan fingerprint density at radius 2 is 1.97 bits per heavy atom. The lowest BCUT2D eigenvalue weighted by Crippen LogP contribution is -2.43. The van der Waals surface area contributed by atoms with Gasteiger partial charge in [0.25, 0.3) is 0 Å². The molecule has 0 radical (unpaired) electrons. The smallest absolute Gasteiger partial charge is 0.230 e. The van der Waals surface area contributed by atoms with Gasteiger partial charge in [0.05, 0.1) is 11.7 Å². The Hall–Kier alpha value is -2.83. The minimum absolute atomic E-state index is 0.150. The van der Waals surface area contributed by atoms with Gasteiger partial charge >= 0.3 is 0 Å². The number of benzene rings is 2. The van der Waals surface area contributed by atoms with Gasteiger partial charge in [-0.25, -0.2) is 0 Å². The van der Waals surface area contributed by atoms with Crippen LogP contribution in [0.4, 0.5) is 5.69 Å². The summed E-state index contributed by atoms with van der Waals surface area (Å²) in [5.74, 6) is 1.75. The van der Waals surface area contributed by atoms with E-state index in [-0.39, 0.29) is 23.9 Å². The quantitative estimate of drug-likeness (QED) is 0.534. The lowest BCUT2D eigenvalue weighted by molar-refractivity contribution is -0.120. The molecule has 1 saturated carbocycles. The molecule has 0 spiro atoms. The molecule has 1 amide bonds. The van der Waals surface area contributed by atoms with E-state index in [0.717, 1.165) is 79.8 Å². The van der Waals surface area contributed by atoms with Crippen LogP contribution in [-0.4, -0.2) is 37.3 Å². The number of aliphatic imine (C=N–C) groups is 1. The highest BCUT2D eigenvalue weighted by atomic mass is 35.5. The maximum Gasteiger partial charge on any atom is 0.230 e. The summed E-state index contributed by atoms with van der Waals surface area (Å²) >= 11 is 6.25. The molecule has 2 aromatic carbocycles. The third-order valence-corrected chi connectivity index (χ3v) is 7.39. The van der Waals surface area contributed by atoms with E-state index in [0.29, 0.717) is 10.8 Å². The van der Waals surface area contributed by atoms with E-state index in [1.807, 2.05) is 41.4 Å². The van der Waals surface area contributed by atoms with Gasteiger partial charge in [0.1, 0.15) is 11.5 Å². The summed E-state index contributed by atoms with van der Waals surface area (Å²) in [6, 6.07) is 11.9. The Morgan fingerprint density at radius 1 is 1.17 bits per heavy atom. The molecule has 184 valence electrons. The predicted molar refractivity (Wildman–Crippen MR) is 143 cm³/mol. The molecular weight excluding hydrogens is 460 g/mol. The molecule has 1 saturated heterocycles. The van der Waals surface area contributed by atoms with E-state index in [1.165, 1.54) is 0 Å². The van der Waals surface area contributed by atoms with Crippen molar-refractivity contribution in [3.8, 4) is 11.5 Å². The second-order valence-corrected chi connectivity index (χ2v) is 10.2. The van der Waals surface area contributed by atoms with Gasteiger partial charge in [-0.3, -0.25) is 9.79 Å². The highest BCUT2D eigenvalue weighted by Gasteiger charge is 2.39. The number of nitrogens with two attached hydrogens (primary N) is 1. The van der Waals surface area contributed by atoms with Crippen LogP contribution in [0.25, 0.3) is 5.57 Å². The third-order valence-electron chi connectivity index (χ3n) is 7.15. The Labute approximate surface area is 212 Å². The normalized spacial score (nSPS) is 21.3. The van der Waals surface area contributed by atoms with Crippen molar-refractivity contribution in [3.05, 3.63) is 58.7 Å². The lowest BCUT2D eigenvalue weighted by atomic mass is 9.91. The highest BCUT2D eigenvalue weighted by Crippen LogP contribution is 2.45. The molecule has 1 atom stereocenters. The number of nitrogens with one attached hydrogen (secondary N) is 1. The number of hydrogen-bond acceptors (Lipinski definition) is 5. The van der Waals surface area contributed by atoms with Crippen molar-refractivity contribution in [3.63, 3.8) is 0 Å². The van der Waals surface area contributed by atoms with E-state index < -0.39 is 0 Å². The van der Waals surface area contributed by atoms with Gasteiger partial charge in [0.2, 0.25) is 5.91 Å². The van der Waals surface area contributed by atoms with Gasteiger partial charge in [0, 0.05) is 46.1 Å². The molecule has 2 fully saturated rings. The van der Waals surface area contributed by atoms with Crippen molar-refractivity contribution in [2.24, 2.45) is 16.6 Å². The number of nitrogens with zero attached hydrogens (tertiary/aromatic N) is 2. The van der Waals surface area contributed by atoms with Gasteiger partial charge in [-0.05, 0) is 88.9 Å². The maximum absolute atomic E-state index is 13.2. The molecule has 2 heterocycles. The van der Waals surface area contributed by atoms with Gasteiger partial charge in [0.15, 0.2) is 0 Å². The summed E-state index contributed by atoms with van der Waals surface area (Å²) in [5.41, 5.74) is 9.77. The summed E-state index contributed by atoms with van der Waals surface area (Å²) in [6.45, 7) is 4.09. The first-order chi connectivity index (χ1) is 17.0. The van der Waals surface area contributed by atoms with Crippen LogP contribution in [0, 0.1) is 5.92 Å². The molecule has 5 rings (SSSR count). The number of halogens is 1. The summed E-state index contributed by atoms with van der Waals surface area (Å²) < 4.78 is 6.51. The summed E-state index contributed by atoms with van der Waals surface area (Å²) in [5, 5.41) is 3.98. The standard InChI is InChI=1S/C28H33ClN4O2/c1-18-5-8-25-26(33(18)28(34)19-6-7-19)10-9-24(27(25)35-23-4-2-3-21(29)15-23)20(16-30)17-32-22-11-13-31-14-12-22/h2-4,9-10,15-19,22,31H,5-8,11-14,30H2,1H3/t18-/m0/s1. The number of rotatable bonds is 6. The first-order valence-corrected chi connectivity index (χ1v) is 13.0. The van der Waals surface area contributed by atoms with E-state index in [1.54, 1.807) is 12.3 Å². The molecule has 35 heavy (non-hydrogen) atoms. The topological polar surface area (TPSA) is 80.0 Å². The fourth-order valence-corrected chi connectivity index (χ4v) is 5.18. The van der Waals surface area contributed by atoms with Crippen molar-refractivity contribution >= 4 is 35.0 Å². The zero-order chi connectivity index (χ0) is 24.4. The van der Waals surface area contributed by atoms with Crippen molar-refractivity contribution in [1.29, 1.82) is 0 Å². The minimum atomic E-state index is 0.150. The first kappa shape index (κ1) is 23.9. The van der Waals surface area contributed by atoms with Crippen molar-refractivity contribution in [1.82, 2.24) is 5.32 Å². The number of carbonyl (C=O) groups excluding carboxylic acids is 1. The van der Waals surface area contributed by atoms with Crippen LogP contribution in [-0.2, 0) is 11.2 Å². The van der Waals surface area contributed by atoms with Crippen LogP contribution in [0.5, 0.6) is 11.5 Å². The summed E-state index contributed by atoms with van der Waals surface area (Å²) in [7, 11) is 0. The van der Waals surface area contributed by atoms with E-state index in [4.69, 9.17) is 27.1 Å². The average molecular weight is 493 g/mol. The fourth-order valence-electron chi connectivity index (χ4n) is 5.00. The predicted octanol–water partition coefficient (Wildman–Crippen LogP) is 5.33. The molecule has 2 aromatic rings. The fraction of sp³-hybridized carbons (Fsp3) is 0.429. The van der Waals surface area contributed by atoms with Crippen molar-refractivity contribution in [2.45, 2.75) is 57.5 Å². The monoisotopic (exact) mass is 492 g/mol. The van der Waals surface area contributed by atoms with Crippen LogP contribution < -0.4 is 20.7 Å². The Kier molecular flexibility index (Phi) is 7.12. The Balaban J connectivity index is 1.57. The number of anilines is 1. The number of allylic oxidation sites excluding steroid dienone is 1. The molecule has 6 nitrogen and oxygen atoms in total. The van der Waals surface area contributed by atoms with Gasteiger partial charge < -0.3 is 20.7 Å². The largest absolute Gasteiger partial charge is 0.456 e. The maximum atomic E-state index is 13.2. The SMILES string of the molecule is C[C@H]1CCc2c(ccc(C(C=NC3CCNCC3)=CN)c2Oc2cccc(Cl)c2)N1C(=O)C1CC1.